The molecule has 1 heterocycles. The van der Waals surface area contributed by atoms with Gasteiger partial charge in [0.25, 0.3) is 5.91 Å². The van der Waals surface area contributed by atoms with Gasteiger partial charge in [-0.05, 0) is 38.0 Å². The maximum atomic E-state index is 12.2. The fourth-order valence-electron chi connectivity index (χ4n) is 2.26. The third-order valence-corrected chi connectivity index (χ3v) is 3.84. The fourth-order valence-corrected chi connectivity index (χ4v) is 2.45. The van der Waals surface area contributed by atoms with Gasteiger partial charge in [-0.2, -0.15) is 9.90 Å². The molecule has 0 bridgehead atoms. The summed E-state index contributed by atoms with van der Waals surface area (Å²) >= 11 is 5.97. The number of esters is 1. The molecular formula is C17H21ClN4O3. The minimum absolute atomic E-state index is 0.211. The number of hydrogen-bond acceptors (Lipinski definition) is 5. The van der Waals surface area contributed by atoms with E-state index in [9.17, 15) is 9.59 Å². The summed E-state index contributed by atoms with van der Waals surface area (Å²) in [6, 6.07) is 7.10. The van der Waals surface area contributed by atoms with Crippen molar-refractivity contribution in [2.75, 3.05) is 13.7 Å². The molecule has 0 aliphatic carbocycles. The van der Waals surface area contributed by atoms with E-state index in [4.69, 9.17) is 11.6 Å². The summed E-state index contributed by atoms with van der Waals surface area (Å²) in [4.78, 5) is 24.6. The minimum atomic E-state index is -0.265. The van der Waals surface area contributed by atoms with Crippen LogP contribution in [0.15, 0.2) is 24.3 Å². The van der Waals surface area contributed by atoms with Crippen molar-refractivity contribution in [3.05, 3.63) is 40.7 Å². The number of carbonyl (C=O) groups is 2. The smallest absolute Gasteiger partial charge is 0.305 e. The average Bonchev–Trinajstić information content (AvgIpc) is 2.99. The summed E-state index contributed by atoms with van der Waals surface area (Å²) in [5.74, 6) is -0.476. The average molecular weight is 365 g/mol. The molecule has 2 aromatic rings. The molecule has 8 heteroatoms. The molecule has 0 aliphatic heterocycles. The summed E-state index contributed by atoms with van der Waals surface area (Å²) < 4.78 is 4.58. The van der Waals surface area contributed by atoms with Crippen LogP contribution in [0.25, 0.3) is 5.69 Å². The number of nitrogens with zero attached hydrogens (tertiary/aromatic N) is 3. The molecule has 1 N–H and O–H groups in total. The third kappa shape index (κ3) is 5.56. The van der Waals surface area contributed by atoms with E-state index >= 15 is 0 Å². The van der Waals surface area contributed by atoms with Gasteiger partial charge in [-0.3, -0.25) is 9.59 Å². The topological polar surface area (TPSA) is 86.1 Å². The highest BCUT2D eigenvalue weighted by Gasteiger charge is 2.16. The lowest BCUT2D eigenvalue weighted by atomic mass is 10.2. The van der Waals surface area contributed by atoms with Crippen LogP contribution in [-0.4, -0.2) is 40.5 Å². The number of aryl methyl sites for hydroxylation is 1. The first-order valence-electron chi connectivity index (χ1n) is 8.06. The molecule has 2 rings (SSSR count). The van der Waals surface area contributed by atoms with E-state index in [0.717, 1.165) is 19.3 Å². The van der Waals surface area contributed by atoms with Gasteiger partial charge in [-0.25, -0.2) is 0 Å². The highest BCUT2D eigenvalue weighted by atomic mass is 35.5. The van der Waals surface area contributed by atoms with E-state index in [-0.39, 0.29) is 17.6 Å². The Morgan fingerprint density at radius 1 is 1.24 bits per heavy atom. The lowest BCUT2D eigenvalue weighted by molar-refractivity contribution is -0.140. The van der Waals surface area contributed by atoms with Crippen LogP contribution in [0.4, 0.5) is 0 Å². The molecular weight excluding hydrogens is 344 g/mol. The van der Waals surface area contributed by atoms with Crippen molar-refractivity contribution in [3.63, 3.8) is 0 Å². The molecule has 1 aromatic carbocycles. The number of benzene rings is 1. The molecule has 134 valence electrons. The van der Waals surface area contributed by atoms with Crippen LogP contribution in [-0.2, 0) is 9.53 Å². The molecule has 0 fully saturated rings. The molecule has 0 atom stereocenters. The van der Waals surface area contributed by atoms with Gasteiger partial charge in [0, 0.05) is 18.0 Å². The Kier molecular flexibility index (Phi) is 6.94. The Bertz CT molecular complexity index is 745. The van der Waals surface area contributed by atoms with Crippen LogP contribution in [0.2, 0.25) is 5.02 Å². The van der Waals surface area contributed by atoms with Crippen LogP contribution in [0.5, 0.6) is 0 Å². The van der Waals surface area contributed by atoms with Crippen molar-refractivity contribution in [2.45, 2.75) is 32.6 Å². The SMILES string of the molecule is COC(=O)CCCCCNC(=O)c1nn(-c2cccc(Cl)c2)nc1C. The maximum absolute atomic E-state index is 12.2. The second-order valence-electron chi connectivity index (χ2n) is 5.55. The standard InChI is InChI=1S/C17H21ClN4O3/c1-12-16(17(24)19-10-5-3-4-9-15(23)25-2)21-22(20-12)14-8-6-7-13(18)11-14/h6-8,11H,3-5,9-10H2,1-2H3,(H,19,24). The number of rotatable bonds is 8. The van der Waals surface area contributed by atoms with Crippen molar-refractivity contribution in [3.8, 4) is 5.69 Å². The summed E-state index contributed by atoms with van der Waals surface area (Å²) in [5, 5.41) is 11.9. The number of carbonyl (C=O) groups excluding carboxylic acids is 2. The first-order chi connectivity index (χ1) is 12.0. The van der Waals surface area contributed by atoms with Gasteiger partial charge in [0.15, 0.2) is 5.69 Å². The summed E-state index contributed by atoms with van der Waals surface area (Å²) in [6.45, 7) is 2.25. The van der Waals surface area contributed by atoms with Gasteiger partial charge in [0.05, 0.1) is 18.5 Å². The predicted molar refractivity (Wildman–Crippen MR) is 93.9 cm³/mol. The van der Waals surface area contributed by atoms with Crippen molar-refractivity contribution >= 4 is 23.5 Å². The largest absolute Gasteiger partial charge is 0.469 e. The van der Waals surface area contributed by atoms with E-state index < -0.39 is 0 Å². The number of hydrogen-bond donors (Lipinski definition) is 1. The molecule has 1 aromatic heterocycles. The molecule has 0 aliphatic rings. The Morgan fingerprint density at radius 3 is 2.76 bits per heavy atom. The van der Waals surface area contributed by atoms with E-state index in [1.54, 1.807) is 25.1 Å². The van der Waals surface area contributed by atoms with E-state index in [0.29, 0.717) is 29.4 Å². The Balaban J connectivity index is 1.85. The number of methoxy groups -OCH3 is 1. The first-order valence-corrected chi connectivity index (χ1v) is 8.44. The monoisotopic (exact) mass is 364 g/mol. The zero-order valence-corrected chi connectivity index (χ0v) is 15.0. The maximum Gasteiger partial charge on any atom is 0.305 e. The van der Waals surface area contributed by atoms with Gasteiger partial charge < -0.3 is 10.1 Å². The van der Waals surface area contributed by atoms with Crippen molar-refractivity contribution in [2.24, 2.45) is 0 Å². The molecule has 0 spiro atoms. The lowest BCUT2D eigenvalue weighted by Crippen LogP contribution is -2.25. The molecule has 0 radical (unpaired) electrons. The highest BCUT2D eigenvalue weighted by Crippen LogP contribution is 2.14. The van der Waals surface area contributed by atoms with Crippen molar-refractivity contribution in [1.82, 2.24) is 20.3 Å². The summed E-state index contributed by atoms with van der Waals surface area (Å²) in [7, 11) is 1.38. The Labute approximate surface area is 151 Å². The second kappa shape index (κ2) is 9.17. The first kappa shape index (κ1) is 18.9. The molecule has 0 saturated heterocycles. The van der Waals surface area contributed by atoms with Crippen LogP contribution in [0.3, 0.4) is 0 Å². The van der Waals surface area contributed by atoms with Crippen LogP contribution >= 0.6 is 11.6 Å². The van der Waals surface area contributed by atoms with Crippen LogP contribution in [0.1, 0.15) is 41.9 Å². The zero-order chi connectivity index (χ0) is 18.2. The Morgan fingerprint density at radius 2 is 2.04 bits per heavy atom. The minimum Gasteiger partial charge on any atom is -0.469 e. The Hall–Kier alpha value is -2.41. The van der Waals surface area contributed by atoms with Crippen LogP contribution in [0, 0.1) is 6.92 Å². The summed E-state index contributed by atoms with van der Waals surface area (Å²) in [5.41, 5.74) is 1.52. The molecule has 7 nitrogen and oxygen atoms in total. The number of aromatic nitrogens is 3. The molecule has 0 unspecified atom stereocenters. The summed E-state index contributed by atoms with van der Waals surface area (Å²) in [6.07, 6.45) is 2.76. The van der Waals surface area contributed by atoms with Gasteiger partial charge in [0.2, 0.25) is 0 Å². The van der Waals surface area contributed by atoms with Crippen molar-refractivity contribution < 1.29 is 14.3 Å². The zero-order valence-electron chi connectivity index (χ0n) is 14.3. The molecule has 0 saturated carbocycles. The number of halogens is 1. The highest BCUT2D eigenvalue weighted by molar-refractivity contribution is 6.30. The number of amides is 1. The van der Waals surface area contributed by atoms with Gasteiger partial charge in [-0.1, -0.05) is 24.1 Å². The lowest BCUT2D eigenvalue weighted by Gasteiger charge is -2.03. The number of unbranched alkanes of at least 4 members (excludes halogenated alkanes) is 2. The van der Waals surface area contributed by atoms with E-state index in [1.165, 1.54) is 11.9 Å². The molecule has 1 amide bonds. The van der Waals surface area contributed by atoms with Gasteiger partial charge in [-0.15, -0.1) is 5.10 Å². The third-order valence-electron chi connectivity index (χ3n) is 3.61. The number of nitrogens with one attached hydrogen (secondary N) is 1. The van der Waals surface area contributed by atoms with E-state index in [2.05, 4.69) is 20.3 Å². The second-order valence-corrected chi connectivity index (χ2v) is 5.98. The quantitative estimate of drug-likeness (QED) is 0.575. The molecule has 25 heavy (non-hydrogen) atoms. The fraction of sp³-hybridized carbons (Fsp3) is 0.412. The predicted octanol–water partition coefficient (Wildman–Crippen LogP) is 2.69. The van der Waals surface area contributed by atoms with Gasteiger partial charge >= 0.3 is 5.97 Å². The van der Waals surface area contributed by atoms with Gasteiger partial charge in [0.1, 0.15) is 0 Å². The van der Waals surface area contributed by atoms with Crippen molar-refractivity contribution in [1.29, 1.82) is 0 Å². The van der Waals surface area contributed by atoms with Crippen LogP contribution < -0.4 is 5.32 Å². The van der Waals surface area contributed by atoms with E-state index in [1.807, 2.05) is 6.07 Å². The normalized spacial score (nSPS) is 10.5. The number of ether oxygens (including phenoxy) is 1.